The smallest absolute Gasteiger partial charge is 0.0868 e. The van der Waals surface area contributed by atoms with Crippen molar-refractivity contribution >= 4 is 5.69 Å². The summed E-state index contributed by atoms with van der Waals surface area (Å²) < 4.78 is 0. The number of anilines is 1. The second-order valence-corrected chi connectivity index (χ2v) is 6.14. The number of aliphatic hydroxyl groups excluding tert-OH is 1. The Labute approximate surface area is 132 Å². The van der Waals surface area contributed by atoms with Crippen LogP contribution in [0.15, 0.2) is 54.6 Å². The maximum Gasteiger partial charge on any atom is 0.0868 e. The lowest BCUT2D eigenvalue weighted by Crippen LogP contribution is -2.49. The first kappa shape index (κ1) is 15.1. The van der Waals surface area contributed by atoms with Gasteiger partial charge in [-0.1, -0.05) is 48.5 Å². The summed E-state index contributed by atoms with van der Waals surface area (Å²) in [5.41, 5.74) is 3.66. The third kappa shape index (κ3) is 3.67. The van der Waals surface area contributed by atoms with Gasteiger partial charge in [0.05, 0.1) is 12.1 Å². The number of benzene rings is 2. The van der Waals surface area contributed by atoms with Crippen LogP contribution < -0.4 is 5.32 Å². The lowest BCUT2D eigenvalue weighted by molar-refractivity contribution is 0.0561. The predicted molar refractivity (Wildman–Crippen MR) is 90.9 cm³/mol. The molecule has 0 unspecified atom stereocenters. The fraction of sp³-hybridized carbons (Fsp3) is 0.368. The van der Waals surface area contributed by atoms with Gasteiger partial charge in [-0.2, -0.15) is 0 Å². The molecule has 0 aromatic heterocycles. The van der Waals surface area contributed by atoms with Crippen LogP contribution in [-0.2, 0) is 6.54 Å². The van der Waals surface area contributed by atoms with E-state index >= 15 is 0 Å². The molecule has 1 aliphatic rings. The van der Waals surface area contributed by atoms with Gasteiger partial charge >= 0.3 is 0 Å². The molecule has 0 bridgehead atoms. The first-order valence-electron chi connectivity index (χ1n) is 7.99. The molecule has 0 radical (unpaired) electrons. The molecule has 0 amide bonds. The van der Waals surface area contributed by atoms with E-state index in [1.54, 1.807) is 0 Å². The highest BCUT2D eigenvalue weighted by Gasteiger charge is 2.27. The van der Waals surface area contributed by atoms with Crippen LogP contribution in [-0.4, -0.2) is 35.2 Å². The van der Waals surface area contributed by atoms with E-state index in [2.05, 4.69) is 53.5 Å². The van der Waals surface area contributed by atoms with Crippen LogP contribution in [0, 0.1) is 6.92 Å². The number of hydrogen-bond acceptors (Lipinski definition) is 3. The van der Waals surface area contributed by atoms with Crippen molar-refractivity contribution in [3.05, 3.63) is 65.7 Å². The Morgan fingerprint density at radius 2 is 1.82 bits per heavy atom. The molecule has 3 heteroatoms. The van der Waals surface area contributed by atoms with E-state index in [4.69, 9.17) is 0 Å². The van der Waals surface area contributed by atoms with Crippen LogP contribution in [0.2, 0.25) is 0 Å². The normalized spacial score (nSPS) is 22.5. The van der Waals surface area contributed by atoms with Gasteiger partial charge in [0, 0.05) is 25.3 Å². The van der Waals surface area contributed by atoms with E-state index in [0.717, 1.165) is 31.7 Å². The predicted octanol–water partition coefficient (Wildman–Crippen LogP) is 3.04. The molecule has 2 aromatic rings. The molecule has 0 aliphatic carbocycles. The molecular weight excluding hydrogens is 272 g/mol. The van der Waals surface area contributed by atoms with Crippen LogP contribution in [0.5, 0.6) is 0 Å². The third-order valence-corrected chi connectivity index (χ3v) is 4.40. The molecule has 0 saturated carbocycles. The molecule has 1 saturated heterocycles. The van der Waals surface area contributed by atoms with Crippen molar-refractivity contribution in [2.24, 2.45) is 0 Å². The summed E-state index contributed by atoms with van der Waals surface area (Å²) in [6, 6.07) is 18.8. The van der Waals surface area contributed by atoms with Crippen molar-refractivity contribution in [3.63, 3.8) is 0 Å². The van der Waals surface area contributed by atoms with Gasteiger partial charge in [-0.25, -0.2) is 0 Å². The molecule has 3 nitrogen and oxygen atoms in total. The number of rotatable bonds is 4. The Hall–Kier alpha value is -1.84. The first-order valence-corrected chi connectivity index (χ1v) is 7.99. The minimum Gasteiger partial charge on any atom is -0.390 e. The van der Waals surface area contributed by atoms with Crippen molar-refractivity contribution in [1.29, 1.82) is 0 Å². The lowest BCUT2D eigenvalue weighted by Gasteiger charge is -2.37. The highest BCUT2D eigenvalue weighted by Crippen LogP contribution is 2.21. The van der Waals surface area contributed by atoms with E-state index in [-0.39, 0.29) is 12.1 Å². The molecule has 1 fully saturated rings. The Morgan fingerprint density at radius 1 is 1.09 bits per heavy atom. The number of nitrogens with zero attached hydrogens (tertiary/aromatic N) is 1. The number of β-amino-alcohol motifs (C(OH)–C–C–N with tert-alkyl or cyclic N) is 1. The summed E-state index contributed by atoms with van der Waals surface area (Å²) in [7, 11) is 0. The summed E-state index contributed by atoms with van der Waals surface area (Å²) in [5, 5.41) is 14.0. The van der Waals surface area contributed by atoms with Crippen LogP contribution in [0.4, 0.5) is 5.69 Å². The molecule has 1 heterocycles. The zero-order valence-electron chi connectivity index (χ0n) is 13.1. The van der Waals surface area contributed by atoms with Crippen LogP contribution in [0.1, 0.15) is 17.5 Å². The van der Waals surface area contributed by atoms with Gasteiger partial charge in [0.2, 0.25) is 0 Å². The van der Waals surface area contributed by atoms with E-state index in [9.17, 15) is 5.11 Å². The van der Waals surface area contributed by atoms with Crippen molar-refractivity contribution in [3.8, 4) is 0 Å². The highest BCUT2D eigenvalue weighted by molar-refractivity contribution is 5.51. The molecule has 2 aromatic carbocycles. The molecule has 1 aliphatic heterocycles. The second-order valence-electron chi connectivity index (χ2n) is 6.14. The topological polar surface area (TPSA) is 35.5 Å². The quantitative estimate of drug-likeness (QED) is 0.910. The van der Waals surface area contributed by atoms with E-state index < -0.39 is 0 Å². The maximum atomic E-state index is 10.5. The number of likely N-dealkylation sites (tertiary alicyclic amines) is 1. The summed E-state index contributed by atoms with van der Waals surface area (Å²) in [5.74, 6) is 0. The zero-order valence-corrected chi connectivity index (χ0v) is 13.1. The van der Waals surface area contributed by atoms with Crippen LogP contribution in [0.25, 0.3) is 0 Å². The van der Waals surface area contributed by atoms with Gasteiger partial charge in [0.1, 0.15) is 0 Å². The summed E-state index contributed by atoms with van der Waals surface area (Å²) in [4.78, 5) is 2.33. The van der Waals surface area contributed by atoms with Gasteiger partial charge in [-0.15, -0.1) is 0 Å². The first-order chi connectivity index (χ1) is 10.7. The monoisotopic (exact) mass is 296 g/mol. The second kappa shape index (κ2) is 6.95. The average Bonchev–Trinajstić information content (AvgIpc) is 2.53. The van der Waals surface area contributed by atoms with E-state index in [0.29, 0.717) is 0 Å². The average molecular weight is 296 g/mol. The fourth-order valence-electron chi connectivity index (χ4n) is 3.09. The van der Waals surface area contributed by atoms with Gasteiger partial charge in [0.15, 0.2) is 0 Å². The summed E-state index contributed by atoms with van der Waals surface area (Å²) >= 11 is 0. The molecule has 2 N–H and O–H groups in total. The van der Waals surface area contributed by atoms with E-state index in [1.165, 1.54) is 11.1 Å². The SMILES string of the molecule is Cc1ccccc1N[C@H]1CCN(Cc2ccccc2)C[C@@H]1O. The lowest BCUT2D eigenvalue weighted by atomic mass is 10.00. The molecule has 3 rings (SSSR count). The van der Waals surface area contributed by atoms with Gasteiger partial charge in [-0.3, -0.25) is 4.90 Å². The van der Waals surface area contributed by atoms with Crippen LogP contribution in [0.3, 0.4) is 0 Å². The Morgan fingerprint density at radius 3 is 2.55 bits per heavy atom. The Kier molecular flexibility index (Phi) is 4.76. The van der Waals surface area contributed by atoms with Gasteiger partial charge < -0.3 is 10.4 Å². The largest absolute Gasteiger partial charge is 0.390 e. The fourth-order valence-corrected chi connectivity index (χ4v) is 3.09. The minimum atomic E-state index is -0.336. The summed E-state index contributed by atoms with van der Waals surface area (Å²) in [6.45, 7) is 4.74. The Bertz CT molecular complexity index is 599. The molecule has 116 valence electrons. The van der Waals surface area contributed by atoms with Gasteiger partial charge in [-0.05, 0) is 30.5 Å². The number of hydrogen-bond donors (Lipinski definition) is 2. The summed E-state index contributed by atoms with van der Waals surface area (Å²) in [6.07, 6.45) is 0.625. The van der Waals surface area contributed by atoms with Gasteiger partial charge in [0.25, 0.3) is 0 Å². The number of piperidine rings is 1. The van der Waals surface area contributed by atoms with Crippen molar-refractivity contribution in [1.82, 2.24) is 4.90 Å². The maximum absolute atomic E-state index is 10.5. The minimum absolute atomic E-state index is 0.133. The van der Waals surface area contributed by atoms with Crippen molar-refractivity contribution < 1.29 is 5.11 Å². The third-order valence-electron chi connectivity index (χ3n) is 4.40. The molecule has 2 atom stereocenters. The zero-order chi connectivity index (χ0) is 15.4. The number of nitrogens with one attached hydrogen (secondary N) is 1. The standard InChI is InChI=1S/C19H24N2O/c1-15-7-5-6-10-17(15)20-18-11-12-21(14-19(18)22)13-16-8-3-2-4-9-16/h2-10,18-20,22H,11-14H2,1H3/t18-,19-/m0/s1. The molecule has 22 heavy (non-hydrogen) atoms. The number of aliphatic hydroxyl groups is 1. The van der Waals surface area contributed by atoms with Crippen molar-refractivity contribution in [2.75, 3.05) is 18.4 Å². The number of para-hydroxylation sites is 1. The Balaban J connectivity index is 1.57. The molecular formula is C19H24N2O. The highest BCUT2D eigenvalue weighted by atomic mass is 16.3. The van der Waals surface area contributed by atoms with Crippen molar-refractivity contribution in [2.45, 2.75) is 32.0 Å². The van der Waals surface area contributed by atoms with Crippen LogP contribution >= 0.6 is 0 Å². The molecule has 0 spiro atoms. The number of aryl methyl sites for hydroxylation is 1. The van der Waals surface area contributed by atoms with E-state index in [1.807, 2.05) is 18.2 Å².